The molecule has 1 fully saturated rings. The minimum absolute atomic E-state index is 0.00128. The van der Waals surface area contributed by atoms with Crippen LogP contribution in [0.4, 0.5) is 4.79 Å². The van der Waals surface area contributed by atoms with Gasteiger partial charge in [0.25, 0.3) is 5.24 Å². The van der Waals surface area contributed by atoms with Crippen molar-refractivity contribution in [3.63, 3.8) is 0 Å². The number of nitrogens with one attached hydrogen (secondary N) is 2. The first-order valence-electron chi connectivity index (χ1n) is 7.33. The molecule has 0 unspecified atom stereocenters. The number of nitrogens with two attached hydrogens (primary N) is 1. The van der Waals surface area contributed by atoms with Crippen molar-refractivity contribution in [2.45, 2.75) is 11.4 Å². The molecule has 0 bridgehead atoms. The summed E-state index contributed by atoms with van der Waals surface area (Å²) in [6, 6.07) is 5.50. The molecule has 140 valence electrons. The Bertz CT molecular complexity index is 821. The fraction of sp³-hybridized carbons (Fsp3) is 0.286. The van der Waals surface area contributed by atoms with E-state index >= 15 is 0 Å². The lowest BCUT2D eigenvalue weighted by molar-refractivity contribution is -0.139. The van der Waals surface area contributed by atoms with Gasteiger partial charge in [-0.25, -0.2) is 13.6 Å². The van der Waals surface area contributed by atoms with Crippen LogP contribution in [-0.2, 0) is 31.0 Å². The SMILES string of the molecule is NS(=O)(=O)c1ccc(CNC(=O)C(=O)NCCN2C(=O)CSC2=O)cc1. The molecule has 1 aliphatic rings. The van der Waals surface area contributed by atoms with Crippen molar-refractivity contribution in [3.05, 3.63) is 29.8 Å². The van der Waals surface area contributed by atoms with Gasteiger partial charge in [0.1, 0.15) is 0 Å². The van der Waals surface area contributed by atoms with Gasteiger partial charge in [0, 0.05) is 19.6 Å². The van der Waals surface area contributed by atoms with Crippen LogP contribution in [0.5, 0.6) is 0 Å². The Morgan fingerprint density at radius 1 is 1.12 bits per heavy atom. The fourth-order valence-corrected chi connectivity index (χ4v) is 3.29. The van der Waals surface area contributed by atoms with Crippen molar-refractivity contribution in [1.29, 1.82) is 0 Å². The van der Waals surface area contributed by atoms with E-state index in [9.17, 15) is 27.6 Å². The molecule has 0 radical (unpaired) electrons. The zero-order chi connectivity index (χ0) is 19.3. The first-order chi connectivity index (χ1) is 12.2. The maximum Gasteiger partial charge on any atom is 0.309 e. The normalized spacial score (nSPS) is 14.4. The highest BCUT2D eigenvalue weighted by molar-refractivity contribution is 8.14. The molecular formula is C14H16N4O6S2. The molecule has 1 aromatic carbocycles. The van der Waals surface area contributed by atoms with Crippen molar-refractivity contribution in [2.24, 2.45) is 5.14 Å². The van der Waals surface area contributed by atoms with Crippen LogP contribution in [-0.4, -0.2) is 55.1 Å². The topological polar surface area (TPSA) is 156 Å². The van der Waals surface area contributed by atoms with Crippen LogP contribution in [0.25, 0.3) is 0 Å². The van der Waals surface area contributed by atoms with Gasteiger partial charge in [-0.1, -0.05) is 23.9 Å². The number of hydrogen-bond donors (Lipinski definition) is 3. The van der Waals surface area contributed by atoms with Gasteiger partial charge >= 0.3 is 11.8 Å². The average Bonchev–Trinajstić information content (AvgIpc) is 2.91. The third kappa shape index (κ3) is 5.28. The third-order valence-corrected chi connectivity index (χ3v) is 5.16. The summed E-state index contributed by atoms with van der Waals surface area (Å²) in [5.41, 5.74) is 0.573. The minimum Gasteiger partial charge on any atom is -0.346 e. The molecular weight excluding hydrogens is 384 g/mol. The van der Waals surface area contributed by atoms with Gasteiger partial charge in [-0.2, -0.15) is 0 Å². The van der Waals surface area contributed by atoms with Crippen LogP contribution in [0.3, 0.4) is 0 Å². The molecule has 4 amide bonds. The van der Waals surface area contributed by atoms with Gasteiger partial charge in [-0.3, -0.25) is 24.1 Å². The zero-order valence-corrected chi connectivity index (χ0v) is 15.1. The molecule has 1 aromatic rings. The molecule has 4 N–H and O–H groups in total. The highest BCUT2D eigenvalue weighted by Crippen LogP contribution is 2.17. The lowest BCUT2D eigenvalue weighted by Crippen LogP contribution is -2.43. The van der Waals surface area contributed by atoms with E-state index in [-0.39, 0.29) is 41.4 Å². The van der Waals surface area contributed by atoms with Crippen LogP contribution in [0, 0.1) is 0 Å². The Morgan fingerprint density at radius 2 is 1.73 bits per heavy atom. The summed E-state index contributed by atoms with van der Waals surface area (Å²) in [5, 5.41) is 9.29. The van der Waals surface area contributed by atoms with E-state index in [1.165, 1.54) is 24.3 Å². The Hall–Kier alpha value is -2.44. The monoisotopic (exact) mass is 400 g/mol. The number of amides is 4. The Kier molecular flexibility index (Phi) is 6.34. The molecule has 1 saturated heterocycles. The van der Waals surface area contributed by atoms with Gasteiger partial charge in [0.05, 0.1) is 10.6 Å². The molecule has 26 heavy (non-hydrogen) atoms. The summed E-state index contributed by atoms with van der Waals surface area (Å²) in [6.45, 7) is -0.0249. The van der Waals surface area contributed by atoms with Gasteiger partial charge in [0.15, 0.2) is 0 Å². The number of primary sulfonamides is 1. The van der Waals surface area contributed by atoms with Crippen molar-refractivity contribution in [3.8, 4) is 0 Å². The van der Waals surface area contributed by atoms with E-state index in [2.05, 4.69) is 10.6 Å². The van der Waals surface area contributed by atoms with E-state index in [1.54, 1.807) is 0 Å². The summed E-state index contributed by atoms with van der Waals surface area (Å²) < 4.78 is 22.3. The van der Waals surface area contributed by atoms with Gasteiger partial charge < -0.3 is 10.6 Å². The summed E-state index contributed by atoms with van der Waals surface area (Å²) >= 11 is 0.887. The molecule has 2 rings (SSSR count). The highest BCUT2D eigenvalue weighted by Gasteiger charge is 2.29. The van der Waals surface area contributed by atoms with E-state index in [4.69, 9.17) is 5.14 Å². The van der Waals surface area contributed by atoms with E-state index in [1.807, 2.05) is 0 Å². The standard InChI is InChI=1S/C14H16N4O6S2/c15-26(23,24)10-3-1-9(2-4-10)7-17-13(21)12(20)16-5-6-18-11(19)8-25-14(18)22/h1-4H,5-8H2,(H,16,20)(H,17,21)(H2,15,23,24). The molecule has 0 spiro atoms. The number of sulfonamides is 1. The smallest absolute Gasteiger partial charge is 0.309 e. The number of imide groups is 1. The summed E-state index contributed by atoms with van der Waals surface area (Å²) in [4.78, 5) is 47.1. The number of carbonyl (C=O) groups is 4. The summed E-state index contributed by atoms with van der Waals surface area (Å²) in [6.07, 6.45) is 0. The maximum atomic E-state index is 11.7. The van der Waals surface area contributed by atoms with Crippen molar-refractivity contribution in [2.75, 3.05) is 18.8 Å². The van der Waals surface area contributed by atoms with Crippen LogP contribution in [0.2, 0.25) is 0 Å². The Balaban J connectivity index is 1.76. The molecule has 1 aliphatic heterocycles. The molecule has 0 aromatic heterocycles. The molecule has 0 aliphatic carbocycles. The van der Waals surface area contributed by atoms with E-state index in [0.29, 0.717) is 5.56 Å². The number of carbonyl (C=O) groups excluding carboxylic acids is 4. The maximum absolute atomic E-state index is 11.7. The van der Waals surface area contributed by atoms with Crippen LogP contribution < -0.4 is 15.8 Å². The summed E-state index contributed by atoms with van der Waals surface area (Å²) in [7, 11) is -3.79. The quantitative estimate of drug-likeness (QED) is 0.504. The van der Waals surface area contributed by atoms with Crippen LogP contribution >= 0.6 is 11.8 Å². The van der Waals surface area contributed by atoms with E-state index < -0.39 is 21.8 Å². The lowest BCUT2D eigenvalue weighted by Gasteiger charge is -2.13. The fourth-order valence-electron chi connectivity index (χ4n) is 2.02. The molecule has 0 atom stereocenters. The predicted molar refractivity (Wildman–Crippen MR) is 92.2 cm³/mol. The van der Waals surface area contributed by atoms with Crippen molar-refractivity contribution >= 4 is 44.7 Å². The van der Waals surface area contributed by atoms with E-state index in [0.717, 1.165) is 16.7 Å². The molecule has 10 nitrogen and oxygen atoms in total. The second-order valence-corrected chi connectivity index (χ2v) is 7.72. The van der Waals surface area contributed by atoms with Gasteiger partial charge in [-0.05, 0) is 17.7 Å². The highest BCUT2D eigenvalue weighted by atomic mass is 32.2. The average molecular weight is 400 g/mol. The predicted octanol–water partition coefficient (Wildman–Crippen LogP) is -1.24. The second kappa shape index (κ2) is 8.29. The van der Waals surface area contributed by atoms with Gasteiger partial charge in [0.2, 0.25) is 15.9 Å². The van der Waals surface area contributed by atoms with Crippen molar-refractivity contribution < 1.29 is 27.6 Å². The minimum atomic E-state index is -3.79. The Labute approximate surface area is 153 Å². The van der Waals surface area contributed by atoms with Crippen LogP contribution in [0.1, 0.15) is 5.56 Å². The third-order valence-electron chi connectivity index (χ3n) is 3.37. The Morgan fingerprint density at radius 3 is 2.27 bits per heavy atom. The number of rotatable bonds is 6. The zero-order valence-electron chi connectivity index (χ0n) is 13.4. The first kappa shape index (κ1) is 19.9. The first-order valence-corrected chi connectivity index (χ1v) is 9.86. The molecule has 0 saturated carbocycles. The molecule has 1 heterocycles. The number of thioether (sulfide) groups is 1. The van der Waals surface area contributed by atoms with Crippen LogP contribution in [0.15, 0.2) is 29.2 Å². The molecule has 12 heteroatoms. The lowest BCUT2D eigenvalue weighted by atomic mass is 10.2. The number of nitrogens with zero attached hydrogens (tertiary/aromatic N) is 1. The summed E-state index contributed by atoms with van der Waals surface area (Å²) in [5.74, 6) is -2.05. The largest absolute Gasteiger partial charge is 0.346 e. The number of benzene rings is 1. The van der Waals surface area contributed by atoms with Crippen molar-refractivity contribution in [1.82, 2.24) is 15.5 Å². The van der Waals surface area contributed by atoms with Gasteiger partial charge in [-0.15, -0.1) is 0 Å². The second-order valence-electron chi connectivity index (χ2n) is 5.23. The number of hydrogen-bond acceptors (Lipinski definition) is 7.